The zero-order valence-corrected chi connectivity index (χ0v) is 13.7. The normalized spacial score (nSPS) is 15.9. The Hall–Kier alpha value is -1.79. The zero-order valence-electron chi connectivity index (χ0n) is 12.9. The third kappa shape index (κ3) is 4.35. The number of carbonyl (C=O) groups excluding carboxylic acids is 2. The summed E-state index contributed by atoms with van der Waals surface area (Å²) in [4.78, 5) is 32.5. The van der Waals surface area contributed by atoms with Gasteiger partial charge >= 0.3 is 6.03 Å². The van der Waals surface area contributed by atoms with Crippen molar-refractivity contribution in [1.82, 2.24) is 10.4 Å². The predicted molar refractivity (Wildman–Crippen MR) is 84.7 cm³/mol. The van der Waals surface area contributed by atoms with E-state index in [1.54, 1.807) is 23.1 Å². The second-order valence-electron chi connectivity index (χ2n) is 6.07. The summed E-state index contributed by atoms with van der Waals surface area (Å²) in [5, 5.41) is 0.573. The predicted octanol–water partition coefficient (Wildman–Crippen LogP) is 2.43. The molecular weight excluding hydrogens is 306 g/mol. The van der Waals surface area contributed by atoms with E-state index < -0.39 is 11.6 Å². The molecule has 120 valence electrons. The van der Waals surface area contributed by atoms with Crippen molar-refractivity contribution in [1.29, 1.82) is 0 Å². The number of nitrogens with zero attached hydrogens (tertiary/aromatic N) is 2. The molecular formula is C15H20ClN3O3. The minimum absolute atomic E-state index is 0.00580. The molecule has 3 amide bonds. The van der Waals surface area contributed by atoms with Crippen molar-refractivity contribution in [3.63, 3.8) is 0 Å². The molecule has 0 aromatic heterocycles. The van der Waals surface area contributed by atoms with Gasteiger partial charge < -0.3 is 9.80 Å². The lowest BCUT2D eigenvalue weighted by atomic mass is 10.2. The Morgan fingerprint density at radius 2 is 2.05 bits per heavy atom. The molecule has 1 aromatic carbocycles. The van der Waals surface area contributed by atoms with Gasteiger partial charge in [-0.25, -0.2) is 10.3 Å². The van der Waals surface area contributed by atoms with Crippen LogP contribution in [0.5, 0.6) is 0 Å². The van der Waals surface area contributed by atoms with Crippen molar-refractivity contribution in [2.45, 2.75) is 26.4 Å². The standard InChI is InChI=1S/C15H20ClN3O3/c1-15(2,3)22-17-14(21)18-7-8-19(13(20)10-18)12-6-4-5-11(16)9-12/h4-6,9H,7-8,10H2,1-3H3,(H,17,21). The molecule has 0 atom stereocenters. The van der Waals surface area contributed by atoms with Gasteiger partial charge in [0.1, 0.15) is 6.54 Å². The van der Waals surface area contributed by atoms with E-state index in [0.717, 1.165) is 5.69 Å². The summed E-state index contributed by atoms with van der Waals surface area (Å²) in [6.45, 7) is 6.34. The van der Waals surface area contributed by atoms with Crippen LogP contribution in [0, 0.1) is 0 Å². The molecule has 1 saturated heterocycles. The molecule has 1 N–H and O–H groups in total. The van der Waals surface area contributed by atoms with Gasteiger partial charge in [0, 0.05) is 23.8 Å². The molecule has 1 aliphatic heterocycles. The number of nitrogens with one attached hydrogen (secondary N) is 1. The molecule has 2 rings (SSSR count). The Balaban J connectivity index is 1.95. The molecule has 0 saturated carbocycles. The second-order valence-corrected chi connectivity index (χ2v) is 6.50. The highest BCUT2D eigenvalue weighted by Gasteiger charge is 2.28. The van der Waals surface area contributed by atoms with E-state index >= 15 is 0 Å². The van der Waals surface area contributed by atoms with Crippen LogP contribution in [0.15, 0.2) is 24.3 Å². The van der Waals surface area contributed by atoms with E-state index in [0.29, 0.717) is 18.1 Å². The van der Waals surface area contributed by atoms with E-state index in [-0.39, 0.29) is 12.5 Å². The van der Waals surface area contributed by atoms with E-state index in [2.05, 4.69) is 5.48 Å². The Morgan fingerprint density at radius 1 is 1.32 bits per heavy atom. The second kappa shape index (κ2) is 6.54. The molecule has 1 aliphatic rings. The summed E-state index contributed by atoms with van der Waals surface area (Å²) in [6.07, 6.45) is 0. The van der Waals surface area contributed by atoms with E-state index in [1.165, 1.54) is 4.90 Å². The van der Waals surface area contributed by atoms with Gasteiger partial charge in [-0.2, -0.15) is 0 Å². The highest BCUT2D eigenvalue weighted by molar-refractivity contribution is 6.30. The van der Waals surface area contributed by atoms with Gasteiger partial charge in [0.05, 0.1) is 5.60 Å². The van der Waals surface area contributed by atoms with Crippen LogP contribution in [0.2, 0.25) is 5.02 Å². The summed E-state index contributed by atoms with van der Waals surface area (Å²) in [5.41, 5.74) is 2.63. The van der Waals surface area contributed by atoms with Crippen LogP contribution in [0.25, 0.3) is 0 Å². The van der Waals surface area contributed by atoms with Gasteiger partial charge in [-0.1, -0.05) is 17.7 Å². The average molecular weight is 326 g/mol. The SMILES string of the molecule is CC(C)(C)ONC(=O)N1CCN(c2cccc(Cl)c2)C(=O)C1. The maximum Gasteiger partial charge on any atom is 0.341 e. The lowest BCUT2D eigenvalue weighted by Crippen LogP contribution is -2.55. The van der Waals surface area contributed by atoms with E-state index in [4.69, 9.17) is 16.4 Å². The maximum atomic E-state index is 12.2. The van der Waals surface area contributed by atoms with Crippen LogP contribution in [-0.4, -0.2) is 42.1 Å². The molecule has 1 aromatic rings. The summed E-state index contributed by atoms with van der Waals surface area (Å²) < 4.78 is 0. The lowest BCUT2D eigenvalue weighted by molar-refractivity contribution is -0.121. The summed E-state index contributed by atoms with van der Waals surface area (Å²) in [5.74, 6) is -0.153. The van der Waals surface area contributed by atoms with Gasteiger partial charge in [-0.05, 0) is 39.0 Å². The average Bonchev–Trinajstić information content (AvgIpc) is 2.43. The Bertz CT molecular complexity index is 571. The van der Waals surface area contributed by atoms with Crippen LogP contribution in [0.4, 0.5) is 10.5 Å². The Labute approximate surface area is 134 Å². The van der Waals surface area contributed by atoms with Crippen LogP contribution in [0.3, 0.4) is 0 Å². The monoisotopic (exact) mass is 325 g/mol. The molecule has 0 radical (unpaired) electrons. The number of urea groups is 1. The molecule has 0 aliphatic carbocycles. The molecule has 7 heteroatoms. The highest BCUT2D eigenvalue weighted by Crippen LogP contribution is 2.21. The van der Waals surface area contributed by atoms with Gasteiger partial charge in [-0.3, -0.25) is 9.63 Å². The van der Waals surface area contributed by atoms with Crippen molar-refractivity contribution in [2.24, 2.45) is 0 Å². The first kappa shape index (κ1) is 16.6. The van der Waals surface area contributed by atoms with Crippen molar-refractivity contribution in [3.8, 4) is 0 Å². The Kier molecular flexibility index (Phi) is 4.93. The van der Waals surface area contributed by atoms with Gasteiger partial charge in [0.15, 0.2) is 0 Å². The number of piperazine rings is 1. The molecule has 1 fully saturated rings. The van der Waals surface area contributed by atoms with Gasteiger partial charge in [-0.15, -0.1) is 0 Å². The van der Waals surface area contributed by atoms with Crippen molar-refractivity contribution >= 4 is 29.2 Å². The third-order valence-electron chi connectivity index (χ3n) is 3.07. The van der Waals surface area contributed by atoms with Crippen molar-refractivity contribution < 1.29 is 14.4 Å². The molecule has 0 unspecified atom stereocenters. The smallest absolute Gasteiger partial charge is 0.312 e. The molecule has 1 heterocycles. The van der Waals surface area contributed by atoms with Gasteiger partial charge in [0.25, 0.3) is 0 Å². The number of amides is 3. The number of hydrogen-bond acceptors (Lipinski definition) is 3. The number of hydrogen-bond donors (Lipinski definition) is 1. The first-order valence-electron chi connectivity index (χ1n) is 7.05. The van der Waals surface area contributed by atoms with E-state index in [1.807, 2.05) is 26.8 Å². The lowest BCUT2D eigenvalue weighted by Gasteiger charge is -2.34. The van der Waals surface area contributed by atoms with Crippen molar-refractivity contribution in [2.75, 3.05) is 24.5 Å². The zero-order chi connectivity index (χ0) is 16.3. The maximum absolute atomic E-state index is 12.2. The highest BCUT2D eigenvalue weighted by atomic mass is 35.5. The third-order valence-corrected chi connectivity index (χ3v) is 3.31. The molecule has 6 nitrogen and oxygen atoms in total. The van der Waals surface area contributed by atoms with Crippen LogP contribution < -0.4 is 10.4 Å². The van der Waals surface area contributed by atoms with E-state index in [9.17, 15) is 9.59 Å². The quantitative estimate of drug-likeness (QED) is 0.849. The van der Waals surface area contributed by atoms with Gasteiger partial charge in [0.2, 0.25) is 5.91 Å². The fraction of sp³-hybridized carbons (Fsp3) is 0.467. The fourth-order valence-electron chi connectivity index (χ4n) is 2.02. The largest absolute Gasteiger partial charge is 0.341 e. The topological polar surface area (TPSA) is 61.9 Å². The summed E-state index contributed by atoms with van der Waals surface area (Å²) in [6, 6.07) is 6.69. The minimum atomic E-state index is -0.484. The number of carbonyl (C=O) groups is 2. The molecule has 22 heavy (non-hydrogen) atoms. The number of rotatable bonds is 2. The van der Waals surface area contributed by atoms with Crippen LogP contribution >= 0.6 is 11.6 Å². The molecule has 0 bridgehead atoms. The number of benzene rings is 1. The Morgan fingerprint density at radius 3 is 2.64 bits per heavy atom. The summed E-state index contributed by atoms with van der Waals surface area (Å²) in [7, 11) is 0. The minimum Gasteiger partial charge on any atom is -0.312 e. The number of anilines is 1. The number of halogens is 1. The molecule has 0 spiro atoms. The first-order chi connectivity index (χ1) is 10.3. The van der Waals surface area contributed by atoms with Crippen LogP contribution in [-0.2, 0) is 9.63 Å². The van der Waals surface area contributed by atoms with Crippen molar-refractivity contribution in [3.05, 3.63) is 29.3 Å². The fourth-order valence-corrected chi connectivity index (χ4v) is 2.21. The first-order valence-corrected chi connectivity index (χ1v) is 7.43. The van der Waals surface area contributed by atoms with Crippen LogP contribution in [0.1, 0.15) is 20.8 Å². The summed E-state index contributed by atoms with van der Waals surface area (Å²) >= 11 is 5.95. The number of hydroxylamine groups is 1.